The summed E-state index contributed by atoms with van der Waals surface area (Å²) >= 11 is 12.3. The molecule has 1 fully saturated rings. The standard InChI is InChI=1S/C21H24Cl2FN3O2S/c1-2-30(29)20-4-3-15(22)7-14(20)10-26-21(28)13-8-18(23)17(19(24)9-13)12-27-6-5-16(25)11-27/h3-4,7-9,16H,2,5-6,10-12,25H2,1H3,(H,26,28)/t16-,30?/m1/s1. The molecule has 1 saturated heterocycles. The van der Waals surface area contributed by atoms with E-state index in [4.69, 9.17) is 28.9 Å². The summed E-state index contributed by atoms with van der Waals surface area (Å²) < 4.78 is 26.9. The first-order valence-corrected chi connectivity index (χ1v) is 11.8. The lowest BCUT2D eigenvalue weighted by Crippen LogP contribution is -2.27. The molecular weight excluding hydrogens is 448 g/mol. The van der Waals surface area contributed by atoms with E-state index in [2.05, 4.69) is 5.32 Å². The van der Waals surface area contributed by atoms with E-state index in [0.717, 1.165) is 13.0 Å². The molecule has 162 valence electrons. The van der Waals surface area contributed by atoms with E-state index in [1.807, 2.05) is 11.8 Å². The lowest BCUT2D eigenvalue weighted by atomic mass is 10.1. The number of carbonyl (C=O) groups excluding carboxylic acids is 1. The van der Waals surface area contributed by atoms with E-state index in [-0.39, 0.29) is 23.2 Å². The number of benzene rings is 2. The summed E-state index contributed by atoms with van der Waals surface area (Å²) in [5, 5.41) is 3.42. The van der Waals surface area contributed by atoms with Crippen LogP contribution in [0, 0.1) is 5.82 Å². The van der Waals surface area contributed by atoms with E-state index >= 15 is 0 Å². The van der Waals surface area contributed by atoms with Crippen LogP contribution >= 0.6 is 23.2 Å². The molecule has 9 heteroatoms. The Bertz CT molecular complexity index is 950. The van der Waals surface area contributed by atoms with E-state index < -0.39 is 22.5 Å². The molecule has 0 radical (unpaired) electrons. The molecule has 5 nitrogen and oxygen atoms in total. The molecule has 2 aromatic carbocycles. The van der Waals surface area contributed by atoms with E-state index in [9.17, 15) is 13.4 Å². The summed E-state index contributed by atoms with van der Waals surface area (Å²) in [6.07, 6.45) is 0.869. The van der Waals surface area contributed by atoms with Gasteiger partial charge in [0.25, 0.3) is 5.91 Å². The highest BCUT2D eigenvalue weighted by molar-refractivity contribution is 7.85. The van der Waals surface area contributed by atoms with Gasteiger partial charge < -0.3 is 11.1 Å². The minimum Gasteiger partial charge on any atom is -0.348 e. The number of carbonyl (C=O) groups is 1. The molecule has 0 bridgehead atoms. The van der Waals surface area contributed by atoms with E-state index in [1.54, 1.807) is 18.2 Å². The number of hydrogen-bond donors (Lipinski definition) is 2. The van der Waals surface area contributed by atoms with Gasteiger partial charge >= 0.3 is 0 Å². The average molecular weight is 472 g/mol. The molecule has 0 aromatic heterocycles. The van der Waals surface area contributed by atoms with Crippen molar-refractivity contribution in [3.8, 4) is 0 Å². The highest BCUT2D eigenvalue weighted by Crippen LogP contribution is 2.25. The molecule has 2 atom stereocenters. The summed E-state index contributed by atoms with van der Waals surface area (Å²) in [5.74, 6) is -0.547. The number of hydrogen-bond acceptors (Lipinski definition) is 4. The van der Waals surface area contributed by atoms with Crippen molar-refractivity contribution < 1.29 is 13.4 Å². The van der Waals surface area contributed by atoms with Gasteiger partial charge in [0.15, 0.2) is 0 Å². The van der Waals surface area contributed by atoms with Gasteiger partial charge in [0, 0.05) is 64.0 Å². The largest absolute Gasteiger partial charge is 0.348 e. The molecule has 1 amide bonds. The molecule has 0 saturated carbocycles. The van der Waals surface area contributed by atoms with Crippen LogP contribution < -0.4 is 11.1 Å². The second-order valence-electron chi connectivity index (χ2n) is 7.27. The molecule has 0 aliphatic carbocycles. The number of halogens is 3. The lowest BCUT2D eigenvalue weighted by molar-refractivity contribution is 0.0950. The predicted octanol–water partition coefficient (Wildman–Crippen LogP) is 3.72. The number of rotatable bonds is 7. The van der Waals surface area contributed by atoms with Crippen LogP contribution in [0.2, 0.25) is 10.0 Å². The lowest BCUT2D eigenvalue weighted by Gasteiger charge is -2.17. The summed E-state index contributed by atoms with van der Waals surface area (Å²) in [7, 11) is -1.19. The van der Waals surface area contributed by atoms with E-state index in [1.165, 1.54) is 12.1 Å². The van der Waals surface area contributed by atoms with Gasteiger partial charge in [-0.2, -0.15) is 0 Å². The van der Waals surface area contributed by atoms with Crippen LogP contribution in [0.1, 0.15) is 34.8 Å². The van der Waals surface area contributed by atoms with Crippen LogP contribution in [0.25, 0.3) is 0 Å². The summed E-state index contributed by atoms with van der Waals surface area (Å²) in [5.41, 5.74) is 7.04. The van der Waals surface area contributed by atoms with Crippen molar-refractivity contribution in [3.05, 3.63) is 62.9 Å². The second kappa shape index (κ2) is 10.2. The SMILES string of the molecule is CCS(=O)c1ccc(Cl)cc1CNC(=O)c1cc(F)c(CN2CC[C@@H](N)C2)c(Cl)c1. The Labute approximate surface area is 188 Å². The zero-order valence-corrected chi connectivity index (χ0v) is 18.9. The minimum atomic E-state index is -1.19. The summed E-state index contributed by atoms with van der Waals surface area (Å²) in [6, 6.07) is 7.78. The first kappa shape index (κ1) is 23.2. The monoisotopic (exact) mass is 471 g/mol. The maximum absolute atomic E-state index is 14.7. The van der Waals surface area contributed by atoms with Crippen LogP contribution in [0.15, 0.2) is 35.2 Å². The molecule has 3 N–H and O–H groups in total. The Balaban J connectivity index is 1.72. The van der Waals surface area contributed by atoms with Gasteiger partial charge in [0.1, 0.15) is 5.82 Å². The zero-order chi connectivity index (χ0) is 21.8. The van der Waals surface area contributed by atoms with Crippen LogP contribution in [0.3, 0.4) is 0 Å². The van der Waals surface area contributed by atoms with Crippen molar-refractivity contribution >= 4 is 39.9 Å². The Hall–Kier alpha value is -1.51. The molecule has 30 heavy (non-hydrogen) atoms. The predicted molar refractivity (Wildman–Crippen MR) is 119 cm³/mol. The molecular formula is C21H24Cl2FN3O2S. The van der Waals surface area contributed by atoms with Crippen molar-refractivity contribution in [2.45, 2.75) is 37.4 Å². The van der Waals surface area contributed by atoms with Crippen molar-refractivity contribution in [1.29, 1.82) is 0 Å². The summed E-state index contributed by atoms with van der Waals surface area (Å²) in [4.78, 5) is 15.2. The number of likely N-dealkylation sites (tertiary alicyclic amines) is 1. The number of nitrogens with two attached hydrogens (primary N) is 1. The van der Waals surface area contributed by atoms with Crippen molar-refractivity contribution in [2.75, 3.05) is 18.8 Å². The Morgan fingerprint density at radius 3 is 2.73 bits per heavy atom. The summed E-state index contributed by atoms with van der Waals surface area (Å²) in [6.45, 7) is 3.77. The van der Waals surface area contributed by atoms with Gasteiger partial charge in [-0.3, -0.25) is 13.9 Å². The van der Waals surface area contributed by atoms with Gasteiger partial charge in [-0.1, -0.05) is 30.1 Å². The van der Waals surface area contributed by atoms with Crippen LogP contribution in [0.4, 0.5) is 4.39 Å². The molecule has 1 unspecified atom stereocenters. The smallest absolute Gasteiger partial charge is 0.251 e. The van der Waals surface area contributed by atoms with Gasteiger partial charge in [-0.15, -0.1) is 0 Å². The van der Waals surface area contributed by atoms with Crippen LogP contribution in [-0.4, -0.2) is 39.9 Å². The highest BCUT2D eigenvalue weighted by Gasteiger charge is 2.22. The Kier molecular flexibility index (Phi) is 7.87. The van der Waals surface area contributed by atoms with Gasteiger partial charge in [-0.25, -0.2) is 4.39 Å². The third-order valence-electron chi connectivity index (χ3n) is 5.06. The van der Waals surface area contributed by atoms with Gasteiger partial charge in [-0.05, 0) is 42.3 Å². The number of nitrogens with zero attached hydrogens (tertiary/aromatic N) is 1. The molecule has 1 heterocycles. The number of amides is 1. The highest BCUT2D eigenvalue weighted by atomic mass is 35.5. The fraction of sp³-hybridized carbons (Fsp3) is 0.381. The second-order valence-corrected chi connectivity index (χ2v) is 9.82. The quantitative estimate of drug-likeness (QED) is 0.644. The van der Waals surface area contributed by atoms with Crippen molar-refractivity contribution in [2.24, 2.45) is 5.73 Å². The maximum atomic E-state index is 14.7. The molecule has 1 aliphatic rings. The fourth-order valence-corrected chi connectivity index (χ4v) is 4.87. The first-order valence-electron chi connectivity index (χ1n) is 9.69. The van der Waals surface area contributed by atoms with Crippen LogP contribution in [0.5, 0.6) is 0 Å². The Morgan fingerprint density at radius 2 is 2.10 bits per heavy atom. The van der Waals surface area contributed by atoms with E-state index in [0.29, 0.717) is 39.9 Å². The molecule has 3 rings (SSSR count). The van der Waals surface area contributed by atoms with Gasteiger partial charge in [0.2, 0.25) is 0 Å². The van der Waals surface area contributed by atoms with Crippen molar-refractivity contribution in [1.82, 2.24) is 10.2 Å². The normalized spacial score (nSPS) is 17.8. The topological polar surface area (TPSA) is 75.4 Å². The zero-order valence-electron chi connectivity index (χ0n) is 16.6. The maximum Gasteiger partial charge on any atom is 0.251 e. The Morgan fingerprint density at radius 1 is 1.33 bits per heavy atom. The fourth-order valence-electron chi connectivity index (χ4n) is 3.46. The molecule has 1 aliphatic heterocycles. The number of nitrogens with one attached hydrogen (secondary N) is 1. The van der Waals surface area contributed by atoms with Crippen LogP contribution in [-0.2, 0) is 23.9 Å². The van der Waals surface area contributed by atoms with Crippen molar-refractivity contribution in [3.63, 3.8) is 0 Å². The molecule has 2 aromatic rings. The molecule has 0 spiro atoms. The first-order chi connectivity index (χ1) is 14.3. The average Bonchev–Trinajstić information content (AvgIpc) is 3.13. The third kappa shape index (κ3) is 5.59. The van der Waals surface area contributed by atoms with Gasteiger partial charge in [0.05, 0.1) is 10.8 Å². The third-order valence-corrected chi connectivity index (χ3v) is 7.05. The minimum absolute atomic E-state index is 0.0929.